The Kier molecular flexibility index (Phi) is 4.01. The number of ketones is 1. The van der Waals surface area contributed by atoms with Crippen molar-refractivity contribution in [3.05, 3.63) is 35.6 Å². The van der Waals surface area contributed by atoms with E-state index in [0.29, 0.717) is 17.4 Å². The van der Waals surface area contributed by atoms with Crippen molar-refractivity contribution < 1.29 is 14.0 Å². The molecule has 0 bridgehead atoms. The molecule has 1 aromatic rings. The number of rotatable bonds is 4. The molecule has 0 aromatic heterocycles. The van der Waals surface area contributed by atoms with Gasteiger partial charge in [-0.1, -0.05) is 0 Å². The molecule has 0 radical (unpaired) electrons. The summed E-state index contributed by atoms with van der Waals surface area (Å²) in [4.78, 5) is 26.0. The predicted molar refractivity (Wildman–Crippen MR) is 76.4 cm³/mol. The second kappa shape index (κ2) is 5.93. The maximum Gasteiger partial charge on any atom is 0.223 e. The van der Waals surface area contributed by atoms with Gasteiger partial charge in [0.05, 0.1) is 0 Å². The van der Waals surface area contributed by atoms with Crippen molar-refractivity contribution in [2.45, 2.75) is 12.8 Å². The van der Waals surface area contributed by atoms with Gasteiger partial charge in [0.15, 0.2) is 5.78 Å². The minimum atomic E-state index is -0.361. The zero-order chi connectivity index (χ0) is 14.8. The Bertz CT molecular complexity index is 532. The molecular weight excluding hydrogens is 271 g/mol. The molecule has 2 atom stereocenters. The van der Waals surface area contributed by atoms with Crippen LogP contribution >= 0.6 is 0 Å². The zero-order valence-corrected chi connectivity index (χ0v) is 11.8. The van der Waals surface area contributed by atoms with E-state index < -0.39 is 0 Å². The minimum absolute atomic E-state index is 0.0554. The largest absolute Gasteiger partial charge is 0.342 e. The Morgan fingerprint density at radius 1 is 1.10 bits per heavy atom. The molecular formula is C16H19FN2O2. The second-order valence-electron chi connectivity index (χ2n) is 5.91. The Labute approximate surface area is 123 Å². The van der Waals surface area contributed by atoms with E-state index in [2.05, 4.69) is 5.32 Å². The first kappa shape index (κ1) is 14.2. The number of carbonyl (C=O) groups is 2. The fourth-order valence-electron chi connectivity index (χ4n) is 3.22. The van der Waals surface area contributed by atoms with Gasteiger partial charge in [-0.05, 0) is 36.1 Å². The van der Waals surface area contributed by atoms with Gasteiger partial charge in [0.25, 0.3) is 0 Å². The molecule has 0 aliphatic carbocycles. The van der Waals surface area contributed by atoms with Crippen molar-refractivity contribution in [1.29, 1.82) is 0 Å². The quantitative estimate of drug-likeness (QED) is 0.854. The van der Waals surface area contributed by atoms with Gasteiger partial charge in [-0.15, -0.1) is 0 Å². The van der Waals surface area contributed by atoms with Gasteiger partial charge >= 0.3 is 0 Å². The number of Topliss-reactive ketones (excluding diaryl/α,β-unsaturated/α-hetero) is 1. The summed E-state index contributed by atoms with van der Waals surface area (Å²) in [6, 6.07) is 5.47. The summed E-state index contributed by atoms with van der Waals surface area (Å²) in [5.74, 6) is 0.729. The van der Waals surface area contributed by atoms with Crippen LogP contribution in [0.1, 0.15) is 23.2 Å². The normalized spacial score (nSPS) is 24.1. The lowest BCUT2D eigenvalue weighted by atomic mass is 10.0. The van der Waals surface area contributed by atoms with Crippen LogP contribution in [-0.2, 0) is 4.79 Å². The number of hydrogen-bond donors (Lipinski definition) is 1. The highest BCUT2D eigenvalue weighted by atomic mass is 19.1. The summed E-state index contributed by atoms with van der Waals surface area (Å²) >= 11 is 0. The maximum atomic E-state index is 12.8. The molecule has 112 valence electrons. The summed E-state index contributed by atoms with van der Waals surface area (Å²) in [6.07, 6.45) is 0.428. The Morgan fingerprint density at radius 2 is 1.71 bits per heavy atom. The number of hydrogen-bond acceptors (Lipinski definition) is 3. The van der Waals surface area contributed by atoms with Crippen molar-refractivity contribution >= 4 is 11.7 Å². The molecule has 2 aliphatic rings. The maximum absolute atomic E-state index is 12.8. The second-order valence-corrected chi connectivity index (χ2v) is 5.91. The molecule has 4 nitrogen and oxygen atoms in total. The van der Waals surface area contributed by atoms with E-state index in [0.717, 1.165) is 26.2 Å². The third kappa shape index (κ3) is 3.13. The summed E-state index contributed by atoms with van der Waals surface area (Å²) in [5.41, 5.74) is 0.465. The molecule has 3 rings (SSSR count). The van der Waals surface area contributed by atoms with Gasteiger partial charge < -0.3 is 10.2 Å². The van der Waals surface area contributed by atoms with E-state index in [1.165, 1.54) is 24.3 Å². The van der Waals surface area contributed by atoms with Crippen LogP contribution in [0.15, 0.2) is 24.3 Å². The molecule has 1 N–H and O–H groups in total. The lowest BCUT2D eigenvalue weighted by molar-refractivity contribution is -0.130. The van der Waals surface area contributed by atoms with Gasteiger partial charge in [0, 0.05) is 44.6 Å². The first-order valence-corrected chi connectivity index (χ1v) is 7.41. The van der Waals surface area contributed by atoms with E-state index in [-0.39, 0.29) is 30.3 Å². The topological polar surface area (TPSA) is 49.4 Å². The van der Waals surface area contributed by atoms with Crippen LogP contribution in [0.25, 0.3) is 0 Å². The van der Waals surface area contributed by atoms with Crippen molar-refractivity contribution in [1.82, 2.24) is 10.2 Å². The number of likely N-dealkylation sites (tertiary alicyclic amines) is 1. The summed E-state index contributed by atoms with van der Waals surface area (Å²) in [5, 5.41) is 3.34. The molecule has 1 amide bonds. The van der Waals surface area contributed by atoms with Crippen molar-refractivity contribution in [2.24, 2.45) is 11.8 Å². The zero-order valence-electron chi connectivity index (χ0n) is 11.8. The van der Waals surface area contributed by atoms with Crippen LogP contribution in [0.2, 0.25) is 0 Å². The molecule has 21 heavy (non-hydrogen) atoms. The lowest BCUT2D eigenvalue weighted by Crippen LogP contribution is -2.32. The number of benzene rings is 1. The van der Waals surface area contributed by atoms with Crippen molar-refractivity contribution in [2.75, 3.05) is 26.2 Å². The van der Waals surface area contributed by atoms with Crippen LogP contribution in [0.5, 0.6) is 0 Å². The van der Waals surface area contributed by atoms with Crippen molar-refractivity contribution in [3.8, 4) is 0 Å². The molecule has 1 aromatic carbocycles. The van der Waals surface area contributed by atoms with Crippen LogP contribution in [0.3, 0.4) is 0 Å². The van der Waals surface area contributed by atoms with Gasteiger partial charge in [-0.2, -0.15) is 0 Å². The van der Waals surface area contributed by atoms with Crippen LogP contribution in [0, 0.1) is 17.7 Å². The monoisotopic (exact) mass is 290 g/mol. The molecule has 0 unspecified atom stereocenters. The Hall–Kier alpha value is -1.75. The molecule has 2 fully saturated rings. The summed E-state index contributed by atoms with van der Waals surface area (Å²) in [7, 11) is 0. The standard InChI is InChI=1S/C16H19FN2O2/c17-14-3-1-11(2-4-14)15(20)5-6-16(21)19-9-12-7-18-8-13(12)10-19/h1-4,12-13,18H,5-10H2/t12-,13+. The molecule has 5 heteroatoms. The summed E-state index contributed by atoms with van der Waals surface area (Å²) < 4.78 is 12.8. The summed E-state index contributed by atoms with van der Waals surface area (Å²) in [6.45, 7) is 3.59. The Balaban J connectivity index is 1.49. The number of nitrogens with one attached hydrogen (secondary N) is 1. The van der Waals surface area contributed by atoms with Gasteiger partial charge in [-0.3, -0.25) is 9.59 Å². The fourth-order valence-corrected chi connectivity index (χ4v) is 3.22. The third-order valence-electron chi connectivity index (χ3n) is 4.47. The molecule has 2 saturated heterocycles. The number of nitrogens with zero attached hydrogens (tertiary/aromatic N) is 1. The highest BCUT2D eigenvalue weighted by Crippen LogP contribution is 2.26. The first-order valence-electron chi connectivity index (χ1n) is 7.41. The molecule has 2 aliphatic heterocycles. The van der Waals surface area contributed by atoms with Gasteiger partial charge in [0.2, 0.25) is 5.91 Å². The average Bonchev–Trinajstić information content (AvgIpc) is 3.06. The minimum Gasteiger partial charge on any atom is -0.342 e. The number of amides is 1. The lowest BCUT2D eigenvalue weighted by Gasteiger charge is -2.17. The van der Waals surface area contributed by atoms with Crippen LogP contribution < -0.4 is 5.32 Å². The predicted octanol–water partition coefficient (Wildman–Crippen LogP) is 1.47. The number of fused-ring (bicyclic) bond motifs is 1. The number of carbonyl (C=O) groups excluding carboxylic acids is 2. The Morgan fingerprint density at radius 3 is 2.33 bits per heavy atom. The van der Waals surface area contributed by atoms with E-state index in [9.17, 15) is 14.0 Å². The molecule has 2 heterocycles. The van der Waals surface area contributed by atoms with Crippen LogP contribution in [-0.4, -0.2) is 42.8 Å². The van der Waals surface area contributed by atoms with E-state index in [4.69, 9.17) is 0 Å². The van der Waals surface area contributed by atoms with Gasteiger partial charge in [-0.25, -0.2) is 4.39 Å². The van der Waals surface area contributed by atoms with Gasteiger partial charge in [0.1, 0.15) is 5.82 Å². The molecule has 0 spiro atoms. The van der Waals surface area contributed by atoms with E-state index in [1.54, 1.807) is 0 Å². The van der Waals surface area contributed by atoms with E-state index >= 15 is 0 Å². The third-order valence-corrected chi connectivity index (χ3v) is 4.47. The van der Waals surface area contributed by atoms with E-state index in [1.807, 2.05) is 4.90 Å². The van der Waals surface area contributed by atoms with Crippen molar-refractivity contribution in [3.63, 3.8) is 0 Å². The highest BCUT2D eigenvalue weighted by molar-refractivity contribution is 5.97. The average molecular weight is 290 g/mol. The fraction of sp³-hybridized carbons (Fsp3) is 0.500. The molecule has 0 saturated carbocycles. The number of halogens is 1. The SMILES string of the molecule is O=C(CCC(=O)N1C[C@H]2CNC[C@H]2C1)c1ccc(F)cc1. The smallest absolute Gasteiger partial charge is 0.223 e. The first-order chi connectivity index (χ1) is 10.1. The highest BCUT2D eigenvalue weighted by Gasteiger charge is 2.37. The van der Waals surface area contributed by atoms with Crippen LogP contribution in [0.4, 0.5) is 4.39 Å².